The van der Waals surface area contributed by atoms with Crippen LogP contribution in [-0.4, -0.2) is 22.8 Å². The smallest absolute Gasteiger partial charge is 0.251 e. The molecule has 3 nitrogen and oxygen atoms in total. The van der Waals surface area contributed by atoms with Gasteiger partial charge in [-0.3, -0.25) is 9.78 Å². The topological polar surface area (TPSA) is 42.0 Å². The van der Waals surface area contributed by atoms with E-state index in [4.69, 9.17) is 11.6 Å². The Bertz CT molecular complexity index is 355. The molecule has 1 aromatic rings. The fourth-order valence-electron chi connectivity index (χ4n) is 2.17. The van der Waals surface area contributed by atoms with Gasteiger partial charge in [-0.15, -0.1) is 11.6 Å². The molecule has 1 aliphatic rings. The van der Waals surface area contributed by atoms with E-state index in [9.17, 15) is 4.79 Å². The van der Waals surface area contributed by atoms with Crippen molar-refractivity contribution in [3.63, 3.8) is 0 Å². The SMILES string of the molecule is O=C(NC1CCCC1CCl)c1ccncc1. The third kappa shape index (κ3) is 2.53. The van der Waals surface area contributed by atoms with E-state index in [2.05, 4.69) is 10.3 Å². The molecule has 2 rings (SSSR count). The summed E-state index contributed by atoms with van der Waals surface area (Å²) < 4.78 is 0. The van der Waals surface area contributed by atoms with Crippen LogP contribution in [0.1, 0.15) is 29.6 Å². The first-order valence-electron chi connectivity index (χ1n) is 5.58. The van der Waals surface area contributed by atoms with Gasteiger partial charge in [0.2, 0.25) is 0 Å². The summed E-state index contributed by atoms with van der Waals surface area (Å²) in [6.07, 6.45) is 6.56. The second kappa shape index (κ2) is 5.30. The van der Waals surface area contributed by atoms with E-state index in [1.54, 1.807) is 24.5 Å². The fourth-order valence-corrected chi connectivity index (χ4v) is 2.54. The van der Waals surface area contributed by atoms with Crippen molar-refractivity contribution < 1.29 is 4.79 Å². The molecule has 2 atom stereocenters. The number of nitrogens with one attached hydrogen (secondary N) is 1. The first-order valence-corrected chi connectivity index (χ1v) is 6.11. The normalized spacial score (nSPS) is 24.3. The molecule has 16 heavy (non-hydrogen) atoms. The van der Waals surface area contributed by atoms with Crippen LogP contribution < -0.4 is 5.32 Å². The quantitative estimate of drug-likeness (QED) is 0.821. The third-order valence-electron chi connectivity index (χ3n) is 3.12. The molecule has 86 valence electrons. The van der Waals surface area contributed by atoms with Crippen molar-refractivity contribution in [2.75, 3.05) is 5.88 Å². The first kappa shape index (κ1) is 11.4. The number of carbonyl (C=O) groups is 1. The Morgan fingerprint density at radius 3 is 2.88 bits per heavy atom. The number of rotatable bonds is 3. The van der Waals surface area contributed by atoms with Gasteiger partial charge in [0.05, 0.1) is 0 Å². The van der Waals surface area contributed by atoms with E-state index in [0.717, 1.165) is 19.3 Å². The second-order valence-electron chi connectivity index (χ2n) is 4.16. The summed E-state index contributed by atoms with van der Waals surface area (Å²) in [6.45, 7) is 0. The molecule has 1 amide bonds. The van der Waals surface area contributed by atoms with E-state index < -0.39 is 0 Å². The molecule has 0 spiro atoms. The van der Waals surface area contributed by atoms with Gasteiger partial charge in [-0.1, -0.05) is 6.42 Å². The van der Waals surface area contributed by atoms with Crippen LogP contribution in [0.15, 0.2) is 24.5 Å². The second-order valence-corrected chi connectivity index (χ2v) is 4.47. The van der Waals surface area contributed by atoms with Crippen molar-refractivity contribution in [1.82, 2.24) is 10.3 Å². The fraction of sp³-hybridized carbons (Fsp3) is 0.500. The number of hydrogen-bond acceptors (Lipinski definition) is 2. The summed E-state index contributed by atoms with van der Waals surface area (Å²) in [6, 6.07) is 3.68. The molecule has 0 saturated heterocycles. The Hall–Kier alpha value is -1.09. The zero-order valence-electron chi connectivity index (χ0n) is 9.03. The molecule has 0 aliphatic heterocycles. The maximum Gasteiger partial charge on any atom is 0.251 e. The molecule has 2 unspecified atom stereocenters. The molecular formula is C12H15ClN2O. The van der Waals surface area contributed by atoms with Crippen LogP contribution in [0.2, 0.25) is 0 Å². The van der Waals surface area contributed by atoms with Gasteiger partial charge in [-0.05, 0) is 30.9 Å². The Kier molecular flexibility index (Phi) is 3.78. The number of hydrogen-bond donors (Lipinski definition) is 1. The maximum absolute atomic E-state index is 11.9. The summed E-state index contributed by atoms with van der Waals surface area (Å²) in [5.41, 5.74) is 0.662. The van der Waals surface area contributed by atoms with Crippen LogP contribution >= 0.6 is 11.6 Å². The molecule has 1 N–H and O–H groups in total. The Morgan fingerprint density at radius 2 is 2.19 bits per heavy atom. The average molecular weight is 239 g/mol. The summed E-state index contributed by atoms with van der Waals surface area (Å²) >= 11 is 5.87. The lowest BCUT2D eigenvalue weighted by Crippen LogP contribution is -2.37. The van der Waals surface area contributed by atoms with E-state index >= 15 is 0 Å². The molecule has 1 heterocycles. The molecule has 0 radical (unpaired) electrons. The van der Waals surface area contributed by atoms with E-state index in [1.165, 1.54) is 0 Å². The predicted octanol–water partition coefficient (Wildman–Crippen LogP) is 2.22. The van der Waals surface area contributed by atoms with Gasteiger partial charge in [0.15, 0.2) is 0 Å². The minimum atomic E-state index is -0.0237. The number of amides is 1. The van der Waals surface area contributed by atoms with Gasteiger partial charge < -0.3 is 5.32 Å². The van der Waals surface area contributed by atoms with Crippen LogP contribution in [0.25, 0.3) is 0 Å². The highest BCUT2D eigenvalue weighted by Crippen LogP contribution is 2.26. The van der Waals surface area contributed by atoms with Crippen molar-refractivity contribution in [3.05, 3.63) is 30.1 Å². The minimum absolute atomic E-state index is 0.0237. The Balaban J connectivity index is 1.97. The zero-order valence-corrected chi connectivity index (χ0v) is 9.78. The van der Waals surface area contributed by atoms with Gasteiger partial charge in [-0.2, -0.15) is 0 Å². The molecule has 0 aromatic carbocycles. The van der Waals surface area contributed by atoms with Gasteiger partial charge in [-0.25, -0.2) is 0 Å². The number of carbonyl (C=O) groups excluding carboxylic acids is 1. The summed E-state index contributed by atoms with van der Waals surface area (Å²) in [4.78, 5) is 15.8. The molecule has 1 aliphatic carbocycles. The number of nitrogens with zero attached hydrogens (tertiary/aromatic N) is 1. The van der Waals surface area contributed by atoms with Crippen molar-refractivity contribution >= 4 is 17.5 Å². The lowest BCUT2D eigenvalue weighted by molar-refractivity contribution is 0.0930. The monoisotopic (exact) mass is 238 g/mol. The minimum Gasteiger partial charge on any atom is -0.349 e. The van der Waals surface area contributed by atoms with Crippen molar-refractivity contribution in [3.8, 4) is 0 Å². The molecular weight excluding hydrogens is 224 g/mol. The maximum atomic E-state index is 11.9. The van der Waals surface area contributed by atoms with E-state index in [1.807, 2.05) is 0 Å². The summed E-state index contributed by atoms with van der Waals surface area (Å²) in [5.74, 6) is 1.03. The zero-order chi connectivity index (χ0) is 11.4. The van der Waals surface area contributed by atoms with Crippen LogP contribution in [0.4, 0.5) is 0 Å². The Morgan fingerprint density at radius 1 is 1.44 bits per heavy atom. The molecule has 4 heteroatoms. The largest absolute Gasteiger partial charge is 0.349 e. The van der Waals surface area contributed by atoms with Crippen molar-refractivity contribution in [1.29, 1.82) is 0 Å². The highest BCUT2D eigenvalue weighted by atomic mass is 35.5. The van der Waals surface area contributed by atoms with Crippen LogP contribution in [0, 0.1) is 5.92 Å². The van der Waals surface area contributed by atoms with Crippen LogP contribution in [0.3, 0.4) is 0 Å². The van der Waals surface area contributed by atoms with Gasteiger partial charge in [0.25, 0.3) is 5.91 Å². The lowest BCUT2D eigenvalue weighted by Gasteiger charge is -2.18. The average Bonchev–Trinajstić information content (AvgIpc) is 2.77. The van der Waals surface area contributed by atoms with Gasteiger partial charge >= 0.3 is 0 Å². The molecule has 0 bridgehead atoms. The molecule has 1 saturated carbocycles. The van der Waals surface area contributed by atoms with Gasteiger partial charge in [0, 0.05) is 29.9 Å². The number of halogens is 1. The third-order valence-corrected chi connectivity index (χ3v) is 3.51. The number of alkyl halides is 1. The first-order chi connectivity index (χ1) is 7.81. The lowest BCUT2D eigenvalue weighted by atomic mass is 10.1. The van der Waals surface area contributed by atoms with E-state index in [0.29, 0.717) is 17.4 Å². The van der Waals surface area contributed by atoms with Crippen molar-refractivity contribution in [2.24, 2.45) is 5.92 Å². The van der Waals surface area contributed by atoms with E-state index in [-0.39, 0.29) is 11.9 Å². The summed E-state index contributed by atoms with van der Waals surface area (Å²) in [5, 5.41) is 3.04. The highest BCUT2D eigenvalue weighted by Gasteiger charge is 2.27. The van der Waals surface area contributed by atoms with Crippen molar-refractivity contribution in [2.45, 2.75) is 25.3 Å². The number of aromatic nitrogens is 1. The molecule has 1 aromatic heterocycles. The van der Waals surface area contributed by atoms with Crippen LogP contribution in [0.5, 0.6) is 0 Å². The number of pyridine rings is 1. The Labute approximate surface area is 100 Å². The predicted molar refractivity (Wildman–Crippen MR) is 63.6 cm³/mol. The standard InChI is InChI=1S/C12H15ClN2O/c13-8-10-2-1-3-11(10)15-12(16)9-4-6-14-7-5-9/h4-7,10-11H,1-3,8H2,(H,15,16). The molecule has 1 fully saturated rings. The van der Waals surface area contributed by atoms with Gasteiger partial charge in [0.1, 0.15) is 0 Å². The summed E-state index contributed by atoms with van der Waals surface area (Å²) in [7, 11) is 0. The van der Waals surface area contributed by atoms with Crippen LogP contribution in [-0.2, 0) is 0 Å². The highest BCUT2D eigenvalue weighted by molar-refractivity contribution is 6.18.